The zero-order valence-electron chi connectivity index (χ0n) is 6.95. The van der Waals surface area contributed by atoms with Gasteiger partial charge in [-0.15, -0.1) is 11.3 Å². The van der Waals surface area contributed by atoms with Crippen LogP contribution in [-0.2, 0) is 12.8 Å². The van der Waals surface area contributed by atoms with Gasteiger partial charge in [-0.1, -0.05) is 0 Å². The smallest absolute Gasteiger partial charge is 0.198 e. The monoisotopic (exact) mass is 187 g/mol. The molecule has 0 aromatic carbocycles. The highest BCUT2D eigenvalue weighted by Gasteiger charge is 2.17. The lowest BCUT2D eigenvalue weighted by Gasteiger charge is -2.13. The molecule has 0 saturated carbocycles. The second-order valence-corrected chi connectivity index (χ2v) is 4.10. The predicted octanol–water partition coefficient (Wildman–Crippen LogP) is 2.10. The molecule has 0 atom stereocenters. The first-order valence-electron chi connectivity index (χ1n) is 4.24. The number of thiophene rings is 1. The summed E-state index contributed by atoms with van der Waals surface area (Å²) in [5.41, 5.74) is 3.62. The van der Waals surface area contributed by atoms with Crippen molar-refractivity contribution >= 4 is 11.3 Å². The van der Waals surface area contributed by atoms with E-state index in [4.69, 9.17) is 0 Å². The molecule has 0 saturated heterocycles. The molecule has 3 heteroatoms. The van der Waals surface area contributed by atoms with Crippen molar-refractivity contribution in [1.29, 1.82) is 0 Å². The molecule has 0 fully saturated rings. The van der Waals surface area contributed by atoms with Crippen molar-refractivity contribution in [3.05, 3.63) is 34.4 Å². The Morgan fingerprint density at radius 2 is 2.38 bits per heavy atom. The van der Waals surface area contributed by atoms with Gasteiger partial charge in [0, 0.05) is 16.6 Å². The third kappa shape index (κ3) is 1.00. The van der Waals surface area contributed by atoms with E-state index < -0.39 is 0 Å². The molecule has 3 rings (SSSR count). The Morgan fingerprint density at radius 1 is 1.38 bits per heavy atom. The van der Waals surface area contributed by atoms with Crippen LogP contribution in [0.5, 0.6) is 0 Å². The lowest BCUT2D eigenvalue weighted by Crippen LogP contribution is -2.03. The Kier molecular flexibility index (Phi) is 1.46. The third-order valence-electron chi connectivity index (χ3n) is 2.37. The van der Waals surface area contributed by atoms with Crippen molar-refractivity contribution < 1.29 is 0 Å². The van der Waals surface area contributed by atoms with Gasteiger partial charge in [0.15, 0.2) is 6.33 Å². The van der Waals surface area contributed by atoms with Crippen molar-refractivity contribution in [3.63, 3.8) is 0 Å². The maximum Gasteiger partial charge on any atom is 0.198 e. The standard InChI is InChI=1S/C10H7N2S/c1-2-9-8(3-4-13-9)10-7(1)5-11-6-12-10/h3-5H,1-2H2. The van der Waals surface area contributed by atoms with E-state index in [0.717, 1.165) is 18.5 Å². The van der Waals surface area contributed by atoms with Gasteiger partial charge in [-0.05, 0) is 29.9 Å². The number of nitrogens with zero attached hydrogens (tertiary/aromatic N) is 2. The van der Waals surface area contributed by atoms with Crippen molar-refractivity contribution in [2.75, 3.05) is 0 Å². The van der Waals surface area contributed by atoms with Gasteiger partial charge in [0.1, 0.15) is 0 Å². The number of hydrogen-bond acceptors (Lipinski definition) is 3. The molecule has 0 spiro atoms. The molecule has 0 bridgehead atoms. The average Bonchev–Trinajstić information content (AvgIpc) is 2.65. The minimum atomic E-state index is 1.07. The fourth-order valence-electron chi connectivity index (χ4n) is 1.73. The molecule has 0 amide bonds. The highest BCUT2D eigenvalue weighted by molar-refractivity contribution is 7.10. The zero-order chi connectivity index (χ0) is 8.67. The van der Waals surface area contributed by atoms with Crippen LogP contribution in [-0.4, -0.2) is 9.97 Å². The van der Waals surface area contributed by atoms with E-state index in [1.165, 1.54) is 16.0 Å². The van der Waals surface area contributed by atoms with Crippen LogP contribution in [0.15, 0.2) is 17.6 Å². The van der Waals surface area contributed by atoms with Crippen LogP contribution < -0.4 is 0 Å². The fourth-order valence-corrected chi connectivity index (χ4v) is 2.61. The lowest BCUT2D eigenvalue weighted by molar-refractivity contribution is 0.925. The lowest BCUT2D eigenvalue weighted by atomic mass is 9.97. The molecule has 1 aliphatic rings. The van der Waals surface area contributed by atoms with E-state index in [-0.39, 0.29) is 0 Å². The maximum absolute atomic E-state index is 4.20. The molecule has 2 heterocycles. The van der Waals surface area contributed by atoms with E-state index in [0.29, 0.717) is 0 Å². The van der Waals surface area contributed by atoms with Gasteiger partial charge in [-0.2, -0.15) is 0 Å². The normalized spacial score (nSPS) is 13.5. The van der Waals surface area contributed by atoms with E-state index in [1.807, 2.05) is 17.5 Å². The molecule has 0 N–H and O–H groups in total. The molecular formula is C10H7N2S. The SMILES string of the molecule is [c]1ncc2c(n1)-c1ccsc1CC2. The number of fused-ring (bicyclic) bond motifs is 3. The number of aryl methyl sites for hydroxylation is 2. The topological polar surface area (TPSA) is 25.8 Å². The van der Waals surface area contributed by atoms with Crippen LogP contribution in [0, 0.1) is 6.33 Å². The van der Waals surface area contributed by atoms with E-state index in [2.05, 4.69) is 27.7 Å². The minimum Gasteiger partial charge on any atom is -0.233 e. The van der Waals surface area contributed by atoms with Crippen LogP contribution in [0.3, 0.4) is 0 Å². The highest BCUT2D eigenvalue weighted by atomic mass is 32.1. The van der Waals surface area contributed by atoms with Crippen molar-refractivity contribution in [2.24, 2.45) is 0 Å². The van der Waals surface area contributed by atoms with E-state index in [9.17, 15) is 0 Å². The number of aromatic nitrogens is 2. The molecule has 2 nitrogen and oxygen atoms in total. The number of hydrogen-bond donors (Lipinski definition) is 0. The number of rotatable bonds is 0. The third-order valence-corrected chi connectivity index (χ3v) is 3.35. The summed E-state index contributed by atoms with van der Waals surface area (Å²) in [5, 5.41) is 2.13. The summed E-state index contributed by atoms with van der Waals surface area (Å²) < 4.78 is 0. The van der Waals surface area contributed by atoms with Gasteiger partial charge >= 0.3 is 0 Å². The van der Waals surface area contributed by atoms with Gasteiger partial charge in [-0.25, -0.2) is 9.97 Å². The maximum atomic E-state index is 4.20. The van der Waals surface area contributed by atoms with Crippen LogP contribution in [0.4, 0.5) is 0 Å². The molecule has 0 unspecified atom stereocenters. The first-order chi connectivity index (χ1) is 6.45. The van der Waals surface area contributed by atoms with Crippen LogP contribution in [0.25, 0.3) is 11.3 Å². The second kappa shape index (κ2) is 2.64. The minimum absolute atomic E-state index is 1.07. The van der Waals surface area contributed by atoms with Gasteiger partial charge in [0.05, 0.1) is 5.69 Å². The van der Waals surface area contributed by atoms with Gasteiger partial charge < -0.3 is 0 Å². The largest absolute Gasteiger partial charge is 0.233 e. The van der Waals surface area contributed by atoms with Gasteiger partial charge in [-0.3, -0.25) is 0 Å². The van der Waals surface area contributed by atoms with Crippen LogP contribution >= 0.6 is 11.3 Å². The van der Waals surface area contributed by atoms with Gasteiger partial charge in [0.2, 0.25) is 0 Å². The average molecular weight is 187 g/mol. The van der Waals surface area contributed by atoms with Crippen LogP contribution in [0.1, 0.15) is 10.4 Å². The zero-order valence-corrected chi connectivity index (χ0v) is 7.77. The molecule has 2 aromatic rings. The van der Waals surface area contributed by atoms with Crippen molar-refractivity contribution in [3.8, 4) is 11.3 Å². The molecule has 2 aromatic heterocycles. The Morgan fingerprint density at radius 3 is 3.38 bits per heavy atom. The quantitative estimate of drug-likeness (QED) is 0.631. The summed E-state index contributed by atoms with van der Waals surface area (Å²) in [6, 6.07) is 2.14. The molecule has 0 aliphatic heterocycles. The summed E-state index contributed by atoms with van der Waals surface area (Å²) in [6.45, 7) is 0. The summed E-state index contributed by atoms with van der Waals surface area (Å²) in [7, 11) is 0. The molecular weight excluding hydrogens is 180 g/mol. The Bertz CT molecular complexity index is 448. The van der Waals surface area contributed by atoms with E-state index in [1.54, 1.807) is 0 Å². The molecule has 1 radical (unpaired) electrons. The first kappa shape index (κ1) is 7.21. The summed E-state index contributed by atoms with van der Waals surface area (Å²) in [5.74, 6) is 0. The Labute approximate surface area is 80.3 Å². The summed E-state index contributed by atoms with van der Waals surface area (Å²) in [4.78, 5) is 9.57. The van der Waals surface area contributed by atoms with E-state index >= 15 is 0 Å². The fraction of sp³-hybridized carbons (Fsp3) is 0.200. The highest BCUT2D eigenvalue weighted by Crippen LogP contribution is 2.34. The molecule has 63 valence electrons. The Balaban J connectivity index is 2.30. The van der Waals surface area contributed by atoms with Crippen molar-refractivity contribution in [2.45, 2.75) is 12.8 Å². The van der Waals surface area contributed by atoms with Crippen molar-refractivity contribution in [1.82, 2.24) is 9.97 Å². The molecule has 13 heavy (non-hydrogen) atoms. The summed E-state index contributed by atoms with van der Waals surface area (Å²) >= 11 is 1.81. The first-order valence-corrected chi connectivity index (χ1v) is 5.12. The summed E-state index contributed by atoms with van der Waals surface area (Å²) in [6.07, 6.45) is 6.73. The Hall–Kier alpha value is -1.22. The van der Waals surface area contributed by atoms with Crippen LogP contribution in [0.2, 0.25) is 0 Å². The van der Waals surface area contributed by atoms with Gasteiger partial charge in [0.25, 0.3) is 0 Å². The second-order valence-electron chi connectivity index (χ2n) is 3.10. The predicted molar refractivity (Wildman–Crippen MR) is 51.6 cm³/mol. The molecule has 1 aliphatic carbocycles.